The van der Waals surface area contributed by atoms with Crippen molar-refractivity contribution in [2.75, 3.05) is 0 Å². The molecule has 0 atom stereocenters. The molecule has 0 bridgehead atoms. The van der Waals surface area contributed by atoms with Gasteiger partial charge in [0.05, 0.1) is 0 Å². The molecular formula is C14H16N2O. The Kier molecular flexibility index (Phi) is 3.09. The minimum Gasteiger partial charge on any atom is -0.506 e. The molecule has 2 N–H and O–H groups in total. The minimum atomic E-state index is 0.178. The van der Waals surface area contributed by atoms with E-state index in [-0.39, 0.29) is 5.75 Å². The maximum atomic E-state index is 9.80. The van der Waals surface area contributed by atoms with Gasteiger partial charge in [-0.05, 0) is 25.5 Å². The van der Waals surface area contributed by atoms with Crippen LogP contribution in [0.25, 0.3) is 10.9 Å². The third-order valence-electron chi connectivity index (χ3n) is 2.77. The summed E-state index contributed by atoms with van der Waals surface area (Å²) >= 11 is 0. The van der Waals surface area contributed by atoms with E-state index in [0.29, 0.717) is 11.2 Å². The number of fused-ring (bicyclic) bond motifs is 1. The van der Waals surface area contributed by atoms with E-state index in [1.54, 1.807) is 12.1 Å². The first-order valence-corrected chi connectivity index (χ1v) is 5.80. The van der Waals surface area contributed by atoms with E-state index in [1.807, 2.05) is 19.1 Å². The number of hydrogen-bond donors (Lipinski definition) is 2. The summed E-state index contributed by atoms with van der Waals surface area (Å²) in [6.45, 7) is 3.94. The summed E-state index contributed by atoms with van der Waals surface area (Å²) in [6.07, 6.45) is 1.69. The largest absolute Gasteiger partial charge is 0.506 e. The number of rotatable bonds is 3. The number of aromatic hydroxyl groups is 1. The molecule has 1 heterocycles. The van der Waals surface area contributed by atoms with Crippen LogP contribution in [0.2, 0.25) is 0 Å². The first kappa shape index (κ1) is 11.6. The molecule has 1 aromatic heterocycles. The maximum absolute atomic E-state index is 9.80. The molecule has 17 heavy (non-hydrogen) atoms. The van der Waals surface area contributed by atoms with Gasteiger partial charge in [0.15, 0.2) is 0 Å². The van der Waals surface area contributed by atoms with Gasteiger partial charge >= 0.3 is 0 Å². The van der Waals surface area contributed by atoms with E-state index in [1.165, 1.54) is 0 Å². The highest BCUT2D eigenvalue weighted by atomic mass is 16.3. The number of hydrogen-bond acceptors (Lipinski definition) is 3. The second kappa shape index (κ2) is 4.53. The third-order valence-corrected chi connectivity index (χ3v) is 2.77. The number of nitrogens with zero attached hydrogens (tertiary/aromatic N) is 1. The van der Waals surface area contributed by atoms with Crippen LogP contribution >= 0.6 is 0 Å². The number of pyridine rings is 1. The standard InChI is InChI=1S/C14H16N2O/c1-3-5-12(15)11-8-9(2)16-14-10(11)6-4-7-13(14)17/h4,6-8,15,17H,3,5H2,1-2H3. The van der Waals surface area contributed by atoms with E-state index in [9.17, 15) is 5.11 Å². The average Bonchev–Trinajstić information content (AvgIpc) is 2.30. The predicted octanol–water partition coefficient (Wildman–Crippen LogP) is 3.42. The Morgan fingerprint density at radius 1 is 1.41 bits per heavy atom. The molecule has 0 saturated heterocycles. The molecule has 0 radical (unpaired) electrons. The van der Waals surface area contributed by atoms with Crippen LogP contribution in [0, 0.1) is 12.3 Å². The van der Waals surface area contributed by atoms with Crippen LogP contribution in [0.15, 0.2) is 24.3 Å². The molecule has 2 rings (SSSR count). The van der Waals surface area contributed by atoms with Gasteiger partial charge in [-0.15, -0.1) is 0 Å². The molecule has 0 aliphatic heterocycles. The number of benzene rings is 1. The van der Waals surface area contributed by atoms with Crippen molar-refractivity contribution in [3.05, 3.63) is 35.5 Å². The van der Waals surface area contributed by atoms with Crippen LogP contribution in [0.1, 0.15) is 31.0 Å². The summed E-state index contributed by atoms with van der Waals surface area (Å²) in [7, 11) is 0. The van der Waals surface area contributed by atoms with Gasteiger partial charge in [0, 0.05) is 22.4 Å². The van der Waals surface area contributed by atoms with Crippen LogP contribution < -0.4 is 0 Å². The topological polar surface area (TPSA) is 57.0 Å². The van der Waals surface area contributed by atoms with Crippen molar-refractivity contribution in [3.8, 4) is 5.75 Å². The summed E-state index contributed by atoms with van der Waals surface area (Å²) in [4.78, 5) is 4.33. The Labute approximate surface area is 101 Å². The fraction of sp³-hybridized carbons (Fsp3) is 0.286. The molecular weight excluding hydrogens is 212 g/mol. The van der Waals surface area contributed by atoms with Crippen LogP contribution in [0.4, 0.5) is 0 Å². The summed E-state index contributed by atoms with van der Waals surface area (Å²) in [5, 5.41) is 18.7. The molecule has 0 amide bonds. The maximum Gasteiger partial charge on any atom is 0.141 e. The molecule has 88 valence electrons. The molecule has 2 aromatic rings. The Morgan fingerprint density at radius 3 is 2.88 bits per heavy atom. The lowest BCUT2D eigenvalue weighted by molar-refractivity contribution is 0.480. The molecule has 3 nitrogen and oxygen atoms in total. The van der Waals surface area contributed by atoms with Gasteiger partial charge in [0.2, 0.25) is 0 Å². The minimum absolute atomic E-state index is 0.178. The van der Waals surface area contributed by atoms with Crippen molar-refractivity contribution in [1.29, 1.82) is 5.41 Å². The van der Waals surface area contributed by atoms with E-state index in [0.717, 1.165) is 29.5 Å². The lowest BCUT2D eigenvalue weighted by Crippen LogP contribution is -2.01. The Balaban J connectivity index is 2.70. The number of phenols is 1. The summed E-state index contributed by atoms with van der Waals surface area (Å²) in [5.41, 5.74) is 2.90. The number of aryl methyl sites for hydroxylation is 1. The monoisotopic (exact) mass is 228 g/mol. The quantitative estimate of drug-likeness (QED) is 0.791. The Bertz CT molecular complexity index is 576. The molecule has 0 fully saturated rings. The zero-order valence-electron chi connectivity index (χ0n) is 10.1. The highest BCUT2D eigenvalue weighted by Gasteiger charge is 2.10. The first-order valence-electron chi connectivity index (χ1n) is 5.80. The fourth-order valence-electron chi connectivity index (χ4n) is 2.00. The highest BCUT2D eigenvalue weighted by Crippen LogP contribution is 2.26. The summed E-state index contributed by atoms with van der Waals surface area (Å²) < 4.78 is 0. The molecule has 1 aromatic carbocycles. The van der Waals surface area contributed by atoms with E-state index >= 15 is 0 Å². The van der Waals surface area contributed by atoms with Crippen LogP contribution in [-0.4, -0.2) is 15.8 Å². The zero-order chi connectivity index (χ0) is 12.4. The highest BCUT2D eigenvalue weighted by molar-refractivity contribution is 6.09. The van der Waals surface area contributed by atoms with E-state index < -0.39 is 0 Å². The molecule has 0 saturated carbocycles. The first-order chi connectivity index (χ1) is 8.13. The molecule has 0 unspecified atom stereocenters. The fourth-order valence-corrected chi connectivity index (χ4v) is 2.00. The molecule has 0 aliphatic rings. The third kappa shape index (κ3) is 2.13. The predicted molar refractivity (Wildman–Crippen MR) is 69.9 cm³/mol. The Morgan fingerprint density at radius 2 is 2.18 bits per heavy atom. The van der Waals surface area contributed by atoms with E-state index in [2.05, 4.69) is 11.9 Å². The van der Waals surface area contributed by atoms with Gasteiger partial charge in [-0.3, -0.25) is 0 Å². The lowest BCUT2D eigenvalue weighted by Gasteiger charge is -2.09. The molecule has 0 aliphatic carbocycles. The van der Waals surface area contributed by atoms with Crippen LogP contribution in [0.5, 0.6) is 5.75 Å². The molecule has 0 spiro atoms. The van der Waals surface area contributed by atoms with Gasteiger partial charge in [0.1, 0.15) is 11.3 Å². The summed E-state index contributed by atoms with van der Waals surface area (Å²) in [5.74, 6) is 0.178. The molecule has 3 heteroatoms. The van der Waals surface area contributed by atoms with Crippen molar-refractivity contribution >= 4 is 16.6 Å². The second-order valence-electron chi connectivity index (χ2n) is 4.21. The lowest BCUT2D eigenvalue weighted by atomic mass is 10.0. The van der Waals surface area contributed by atoms with E-state index in [4.69, 9.17) is 5.41 Å². The average molecular weight is 228 g/mol. The van der Waals surface area contributed by atoms with Crippen LogP contribution in [0.3, 0.4) is 0 Å². The van der Waals surface area contributed by atoms with Gasteiger partial charge in [-0.2, -0.15) is 0 Å². The van der Waals surface area contributed by atoms with Crippen LogP contribution in [-0.2, 0) is 0 Å². The van der Waals surface area contributed by atoms with Crippen molar-refractivity contribution in [2.45, 2.75) is 26.7 Å². The van der Waals surface area contributed by atoms with Crippen molar-refractivity contribution < 1.29 is 5.11 Å². The Hall–Kier alpha value is -1.90. The second-order valence-corrected chi connectivity index (χ2v) is 4.21. The number of nitrogens with one attached hydrogen (secondary N) is 1. The zero-order valence-corrected chi connectivity index (χ0v) is 10.1. The van der Waals surface area contributed by atoms with Gasteiger partial charge in [-0.1, -0.05) is 25.5 Å². The van der Waals surface area contributed by atoms with Gasteiger partial charge < -0.3 is 10.5 Å². The number of phenolic OH excluding ortho intramolecular Hbond substituents is 1. The SMILES string of the molecule is CCCC(=N)c1cc(C)nc2c(O)cccc12. The van der Waals surface area contributed by atoms with Gasteiger partial charge in [0.25, 0.3) is 0 Å². The van der Waals surface area contributed by atoms with Crippen molar-refractivity contribution in [2.24, 2.45) is 0 Å². The van der Waals surface area contributed by atoms with Gasteiger partial charge in [-0.25, -0.2) is 4.98 Å². The smallest absolute Gasteiger partial charge is 0.141 e. The normalized spacial score (nSPS) is 10.7. The number of aromatic nitrogens is 1. The number of para-hydroxylation sites is 1. The van der Waals surface area contributed by atoms with Crippen molar-refractivity contribution in [1.82, 2.24) is 4.98 Å². The van der Waals surface area contributed by atoms with Crippen molar-refractivity contribution in [3.63, 3.8) is 0 Å². The summed E-state index contributed by atoms with van der Waals surface area (Å²) in [6, 6.07) is 7.24.